The summed E-state index contributed by atoms with van der Waals surface area (Å²) in [6, 6.07) is 30.9. The first-order valence-corrected chi connectivity index (χ1v) is 16.4. The number of ether oxygens (including phenoxy) is 3. The van der Waals surface area contributed by atoms with E-state index in [4.69, 9.17) is 23.0 Å². The van der Waals surface area contributed by atoms with Crippen molar-refractivity contribution in [3.05, 3.63) is 152 Å². The fraction of sp³-hybridized carbons (Fsp3) is 0.200. The molecule has 0 atom stereocenters. The Morgan fingerprint density at radius 1 is 0.673 bits per heavy atom. The van der Waals surface area contributed by atoms with E-state index in [2.05, 4.69) is 67.5 Å². The number of aromatic carboxylic acids is 2. The van der Waals surface area contributed by atoms with E-state index in [1.54, 1.807) is 0 Å². The number of hydrogen-bond acceptors (Lipinski definition) is 13. The molecule has 2 aromatic heterocycles. The Bertz CT molecular complexity index is 2140. The summed E-state index contributed by atoms with van der Waals surface area (Å²) in [4.78, 5) is 48.7. The van der Waals surface area contributed by atoms with Crippen LogP contribution < -0.4 is 89.7 Å². The van der Waals surface area contributed by atoms with Crippen molar-refractivity contribution >= 4 is 33.9 Å². The molecule has 0 fully saturated rings. The number of carboxylic acids is 2. The Morgan fingerprint density at radius 3 is 1.47 bits per heavy atom. The van der Waals surface area contributed by atoms with Crippen molar-refractivity contribution in [3.8, 4) is 11.5 Å². The van der Waals surface area contributed by atoms with Crippen LogP contribution in [0, 0.1) is 0 Å². The van der Waals surface area contributed by atoms with Crippen LogP contribution in [0.15, 0.2) is 128 Å². The molecule has 2 heterocycles. The topological polar surface area (TPSA) is 192 Å². The third-order valence-corrected chi connectivity index (χ3v) is 7.73. The van der Waals surface area contributed by atoms with E-state index in [9.17, 15) is 34.5 Å². The van der Waals surface area contributed by atoms with Gasteiger partial charge in [-0.2, -0.15) is 0 Å². The normalized spacial score (nSPS) is 10.7. The Morgan fingerprint density at radius 2 is 1.09 bits per heavy atom. The zero-order valence-electron chi connectivity index (χ0n) is 30.8. The quantitative estimate of drug-likeness (QED) is 0.109. The number of carbonyl (C=O) groups excluding carboxylic acids is 2. The van der Waals surface area contributed by atoms with Gasteiger partial charge in [0.05, 0.1) is 6.61 Å². The number of aliphatic hydroxyl groups excluding tert-OH is 1. The number of carbonyl (C=O) groups is 2. The number of rotatable bonds is 14. The van der Waals surface area contributed by atoms with Gasteiger partial charge in [0.2, 0.25) is 0 Å². The molecule has 0 aliphatic rings. The van der Waals surface area contributed by atoms with Gasteiger partial charge in [-0.3, -0.25) is 9.59 Å². The molecule has 15 heteroatoms. The summed E-state index contributed by atoms with van der Waals surface area (Å²) in [5, 5.41) is 32.1. The molecule has 4 aromatic carbocycles. The minimum atomic E-state index is -1.64. The standard InChI is InChI=1S/C23H16O11.C17H21NO.2Na/c24-11(9-31-14-3-1-5-16-20(14)12(25)7-18(33-16)22(27)28)10-32-15-4-2-6-17-21(15)13(26)8-19(34-17)23(29)30;1-18(2)13-14-19-17(15-9-5-3-6-10-15)16-11-7-4-8-12-16;;/h1-8,11,24H,9-10H2,(H,27,28)(H,29,30);3-12,17H,13-14H2,1-2H3;;/q;;2*+1/p-2. The minimum Gasteiger partial charge on any atom is -0.542 e. The van der Waals surface area contributed by atoms with E-state index in [1.807, 2.05) is 12.1 Å². The van der Waals surface area contributed by atoms with Crippen LogP contribution in [-0.2, 0) is 4.74 Å². The summed E-state index contributed by atoms with van der Waals surface area (Å²) < 4.78 is 27.3. The molecule has 6 rings (SSSR count). The third-order valence-electron chi connectivity index (χ3n) is 7.73. The molecule has 0 saturated heterocycles. The second-order valence-electron chi connectivity index (χ2n) is 11.9. The molecule has 274 valence electrons. The maximum absolute atomic E-state index is 12.3. The van der Waals surface area contributed by atoms with Crippen molar-refractivity contribution in [2.75, 3.05) is 40.5 Å². The number of nitrogens with zero attached hydrogens (tertiary/aromatic N) is 1. The fourth-order valence-corrected chi connectivity index (χ4v) is 5.21. The Labute approximate surface area is 359 Å². The van der Waals surface area contributed by atoms with Crippen molar-refractivity contribution in [1.82, 2.24) is 4.90 Å². The van der Waals surface area contributed by atoms with Crippen LogP contribution in [0.4, 0.5) is 0 Å². The second kappa shape index (κ2) is 21.7. The first kappa shape index (κ1) is 45.1. The van der Waals surface area contributed by atoms with E-state index in [-0.39, 0.29) is 112 Å². The zero-order chi connectivity index (χ0) is 37.9. The summed E-state index contributed by atoms with van der Waals surface area (Å²) in [7, 11) is 4.12. The summed E-state index contributed by atoms with van der Waals surface area (Å²) >= 11 is 0. The molecule has 13 nitrogen and oxygen atoms in total. The SMILES string of the molecule is CN(C)CCOC(c1ccccc1)c1ccccc1.O=C([O-])c1cc(=O)c2c(OCC(O)COc3cccc4oc(C(=O)[O-])cc(=O)c34)cccc2o1.[Na+].[Na+]. The molecule has 0 spiro atoms. The van der Waals surface area contributed by atoms with Gasteiger partial charge < -0.3 is 52.9 Å². The first-order valence-electron chi connectivity index (χ1n) is 16.4. The van der Waals surface area contributed by atoms with Crippen LogP contribution >= 0.6 is 0 Å². The molecule has 0 saturated carbocycles. The third kappa shape index (κ3) is 12.4. The van der Waals surface area contributed by atoms with Gasteiger partial charge in [-0.25, -0.2) is 0 Å². The summed E-state index contributed by atoms with van der Waals surface area (Å²) in [6.45, 7) is 1.00. The molecule has 0 radical (unpaired) electrons. The predicted molar refractivity (Wildman–Crippen MR) is 190 cm³/mol. The van der Waals surface area contributed by atoms with E-state index in [1.165, 1.54) is 47.5 Å². The molecule has 0 bridgehead atoms. The molecule has 0 unspecified atom stereocenters. The van der Waals surface area contributed by atoms with Crippen LogP contribution in [0.1, 0.15) is 38.3 Å². The van der Waals surface area contributed by atoms with Gasteiger partial charge in [0, 0.05) is 18.7 Å². The number of aliphatic hydroxyl groups is 1. The van der Waals surface area contributed by atoms with Crippen molar-refractivity contribution in [3.63, 3.8) is 0 Å². The molecule has 6 aromatic rings. The van der Waals surface area contributed by atoms with Crippen molar-refractivity contribution < 1.29 is 107 Å². The molecule has 1 N–H and O–H groups in total. The monoisotopic (exact) mass is 767 g/mol. The summed E-state index contributed by atoms with van der Waals surface area (Å²) in [5.74, 6) is -4.44. The van der Waals surface area contributed by atoms with Gasteiger partial charge in [-0.1, -0.05) is 72.8 Å². The van der Waals surface area contributed by atoms with Crippen LogP contribution in [0.25, 0.3) is 21.9 Å². The van der Waals surface area contributed by atoms with E-state index >= 15 is 0 Å². The van der Waals surface area contributed by atoms with Gasteiger partial charge in [-0.15, -0.1) is 0 Å². The van der Waals surface area contributed by atoms with E-state index in [0.29, 0.717) is 0 Å². The van der Waals surface area contributed by atoms with E-state index < -0.39 is 40.4 Å². The van der Waals surface area contributed by atoms with Gasteiger partial charge in [0.25, 0.3) is 0 Å². The van der Waals surface area contributed by atoms with Gasteiger partial charge in [-0.05, 0) is 49.5 Å². The van der Waals surface area contributed by atoms with E-state index in [0.717, 1.165) is 25.3 Å². The van der Waals surface area contributed by atoms with Gasteiger partial charge in [0.15, 0.2) is 22.4 Å². The average Bonchev–Trinajstić information content (AvgIpc) is 3.15. The Kier molecular flexibility index (Phi) is 17.8. The largest absolute Gasteiger partial charge is 1.00 e. The number of hydrogen-bond donors (Lipinski definition) is 1. The molecule has 0 aliphatic heterocycles. The van der Waals surface area contributed by atoms with Gasteiger partial charge in [0.1, 0.15) is 70.8 Å². The summed E-state index contributed by atoms with van der Waals surface area (Å²) in [5.41, 5.74) is 1.00. The number of likely N-dealkylation sites (N-methyl/N-ethyl adjacent to an activating group) is 1. The Balaban J connectivity index is 0.000000330. The van der Waals surface area contributed by atoms with Crippen LogP contribution in [0.2, 0.25) is 0 Å². The van der Waals surface area contributed by atoms with Crippen LogP contribution in [0.5, 0.6) is 11.5 Å². The Hall–Kier alpha value is -4.28. The summed E-state index contributed by atoms with van der Waals surface area (Å²) in [6.07, 6.45) is -1.20. The fourth-order valence-electron chi connectivity index (χ4n) is 5.21. The average molecular weight is 768 g/mol. The first-order chi connectivity index (χ1) is 25.5. The van der Waals surface area contributed by atoms with Crippen molar-refractivity contribution in [2.24, 2.45) is 0 Å². The van der Waals surface area contributed by atoms with Crippen LogP contribution in [-0.4, -0.2) is 68.5 Å². The molecule has 0 aliphatic carbocycles. The predicted octanol–water partition coefficient (Wildman–Crippen LogP) is -3.19. The molecule has 0 amide bonds. The second-order valence-corrected chi connectivity index (χ2v) is 11.9. The zero-order valence-corrected chi connectivity index (χ0v) is 34.8. The van der Waals surface area contributed by atoms with Crippen molar-refractivity contribution in [1.29, 1.82) is 0 Å². The number of benzene rings is 4. The molecular weight excluding hydrogens is 732 g/mol. The van der Waals surface area contributed by atoms with Crippen LogP contribution in [0.3, 0.4) is 0 Å². The van der Waals surface area contributed by atoms with Gasteiger partial charge >= 0.3 is 59.1 Å². The number of carboxylic acid groups (broad SMARTS) is 2. The maximum Gasteiger partial charge on any atom is 1.00 e. The molecule has 55 heavy (non-hydrogen) atoms. The smallest absolute Gasteiger partial charge is 0.542 e. The minimum absolute atomic E-state index is 0. The van der Waals surface area contributed by atoms with Crippen molar-refractivity contribution in [2.45, 2.75) is 12.2 Å². The number of fused-ring (bicyclic) bond motifs is 2. The molecular formula is C40H35NNa2O12. The maximum atomic E-state index is 12.3.